The summed E-state index contributed by atoms with van der Waals surface area (Å²) in [6, 6.07) is 24.1. The van der Waals surface area contributed by atoms with Gasteiger partial charge >= 0.3 is 0 Å². The van der Waals surface area contributed by atoms with Crippen LogP contribution < -0.4 is 4.90 Å². The average Bonchev–Trinajstić information content (AvgIpc) is 3.61. The van der Waals surface area contributed by atoms with Gasteiger partial charge in [0.2, 0.25) is 0 Å². The molecule has 0 aliphatic carbocycles. The summed E-state index contributed by atoms with van der Waals surface area (Å²) >= 11 is 3.37. The van der Waals surface area contributed by atoms with Crippen molar-refractivity contribution in [1.82, 2.24) is 10.0 Å². The fraction of sp³-hybridized carbons (Fsp3) is 0.185. The van der Waals surface area contributed by atoms with Crippen LogP contribution >= 0.6 is 15.9 Å². The van der Waals surface area contributed by atoms with Crippen LogP contribution in [0.2, 0.25) is 0 Å². The zero-order valence-electron chi connectivity index (χ0n) is 19.5. The molecule has 0 aromatic heterocycles. The van der Waals surface area contributed by atoms with Crippen LogP contribution in [0.3, 0.4) is 0 Å². The molecule has 1 saturated heterocycles. The van der Waals surface area contributed by atoms with Gasteiger partial charge in [-0.3, -0.25) is 19.4 Å². The highest BCUT2D eigenvalue weighted by Gasteiger charge is 2.55. The van der Waals surface area contributed by atoms with Crippen LogP contribution in [-0.4, -0.2) is 52.1 Å². The minimum atomic E-state index is -0.980. The molecule has 3 heterocycles. The van der Waals surface area contributed by atoms with Crippen molar-refractivity contribution in [3.05, 3.63) is 101 Å². The Morgan fingerprint density at radius 3 is 2.38 bits per heavy atom. The summed E-state index contributed by atoms with van der Waals surface area (Å²) in [5.74, 6) is -1.25. The van der Waals surface area contributed by atoms with Gasteiger partial charge in [-0.15, -0.1) is 0 Å². The van der Waals surface area contributed by atoms with E-state index in [1.807, 2.05) is 66.7 Å². The number of carbonyl (C=O) groups is 3. The van der Waals surface area contributed by atoms with Crippen LogP contribution in [0.25, 0.3) is 0 Å². The summed E-state index contributed by atoms with van der Waals surface area (Å²) < 4.78 is 0.740. The Bertz CT molecular complexity index is 1440. The number of nitrogens with zero attached hydrogens (tertiary/aromatic N) is 6. The summed E-state index contributed by atoms with van der Waals surface area (Å²) in [6.45, 7) is -0.231. The first-order valence-electron chi connectivity index (χ1n) is 11.8. The third kappa shape index (κ3) is 4.13. The highest BCUT2D eigenvalue weighted by Crippen LogP contribution is 2.35. The summed E-state index contributed by atoms with van der Waals surface area (Å²) in [4.78, 5) is 41.1. The molecule has 3 aromatic carbocycles. The van der Waals surface area contributed by atoms with E-state index in [2.05, 4.69) is 31.4 Å². The molecule has 0 bridgehead atoms. The van der Waals surface area contributed by atoms with Crippen LogP contribution in [0, 0.1) is 0 Å². The Morgan fingerprint density at radius 2 is 1.65 bits per heavy atom. The smallest absolute Gasteiger partial charge is 0.264 e. The molecule has 3 aliphatic rings. The number of fused-ring (bicyclic) bond motifs is 1. The second kappa shape index (κ2) is 9.36. The van der Waals surface area contributed by atoms with Crippen molar-refractivity contribution in [3.8, 4) is 0 Å². The lowest BCUT2D eigenvalue weighted by molar-refractivity contribution is -0.135. The number of halogens is 1. The number of carbonyl (C=O) groups excluding carboxylic acids is 3. The van der Waals surface area contributed by atoms with E-state index in [1.165, 1.54) is 10.0 Å². The number of amides is 3. The van der Waals surface area contributed by atoms with Crippen molar-refractivity contribution in [3.63, 3.8) is 0 Å². The van der Waals surface area contributed by atoms with Crippen molar-refractivity contribution in [2.45, 2.75) is 24.5 Å². The molecule has 37 heavy (non-hydrogen) atoms. The Balaban J connectivity index is 1.26. The highest BCUT2D eigenvalue weighted by atomic mass is 79.9. The van der Waals surface area contributed by atoms with Crippen LogP contribution in [0.5, 0.6) is 0 Å². The molecule has 1 fully saturated rings. The van der Waals surface area contributed by atoms with Crippen LogP contribution in [0.1, 0.15) is 23.6 Å². The number of hydrazone groups is 1. The largest absolute Gasteiger partial charge is 0.271 e. The van der Waals surface area contributed by atoms with Gasteiger partial charge in [0.15, 0.2) is 12.1 Å². The van der Waals surface area contributed by atoms with Crippen molar-refractivity contribution in [2.75, 3.05) is 11.4 Å². The Hall–Kier alpha value is -4.18. The third-order valence-electron chi connectivity index (χ3n) is 6.68. The standard InChI is InChI=1S/C27H21BrN6O3/c28-19-12-7-13-20(14-19)33-26(36)24-25(27(33)37)32(31-29-24)16-23(35)34-22(18-10-5-2-6-11-18)15-21(30-34)17-8-3-1-4-9-17/h1-14,22,24-25H,15-16H2. The molecule has 9 nitrogen and oxygen atoms in total. The molecule has 3 amide bonds. The van der Waals surface area contributed by atoms with E-state index < -0.39 is 23.9 Å². The first-order valence-corrected chi connectivity index (χ1v) is 12.6. The van der Waals surface area contributed by atoms with Gasteiger partial charge in [0.25, 0.3) is 17.7 Å². The van der Waals surface area contributed by atoms with E-state index in [9.17, 15) is 14.4 Å². The van der Waals surface area contributed by atoms with Gasteiger partial charge in [-0.05, 0) is 29.3 Å². The van der Waals surface area contributed by atoms with Crippen molar-refractivity contribution >= 4 is 45.1 Å². The molecule has 3 atom stereocenters. The number of anilines is 1. The summed E-state index contributed by atoms with van der Waals surface area (Å²) in [7, 11) is 0. The van der Waals surface area contributed by atoms with E-state index in [-0.39, 0.29) is 18.5 Å². The number of rotatable bonds is 5. The topological polar surface area (TPSA) is 98.0 Å². The predicted molar refractivity (Wildman–Crippen MR) is 139 cm³/mol. The van der Waals surface area contributed by atoms with Gasteiger partial charge in [0, 0.05) is 10.9 Å². The Labute approximate surface area is 221 Å². The molecule has 0 radical (unpaired) electrons. The monoisotopic (exact) mass is 556 g/mol. The summed E-state index contributed by atoms with van der Waals surface area (Å²) in [5, 5.41) is 15.5. The van der Waals surface area contributed by atoms with Gasteiger partial charge < -0.3 is 0 Å². The summed E-state index contributed by atoms with van der Waals surface area (Å²) in [5.41, 5.74) is 3.15. The average molecular weight is 557 g/mol. The molecule has 3 aromatic rings. The molecule has 10 heteroatoms. The quantitative estimate of drug-likeness (QED) is 0.441. The second-order valence-electron chi connectivity index (χ2n) is 8.97. The molecule has 184 valence electrons. The summed E-state index contributed by atoms with van der Waals surface area (Å²) in [6.07, 6.45) is 0.557. The fourth-order valence-electron chi connectivity index (χ4n) is 4.91. The van der Waals surface area contributed by atoms with Crippen LogP contribution in [-0.2, 0) is 14.4 Å². The molecule has 3 aliphatic heterocycles. The molecule has 0 N–H and O–H groups in total. The number of hydrogen-bond acceptors (Lipinski definition) is 7. The lowest BCUT2D eigenvalue weighted by Crippen LogP contribution is -2.44. The van der Waals surface area contributed by atoms with E-state index in [0.29, 0.717) is 12.1 Å². The zero-order valence-corrected chi connectivity index (χ0v) is 21.1. The third-order valence-corrected chi connectivity index (χ3v) is 7.17. The first kappa shape index (κ1) is 23.2. The van der Waals surface area contributed by atoms with Gasteiger partial charge in [-0.25, -0.2) is 9.91 Å². The number of benzene rings is 3. The van der Waals surface area contributed by atoms with Crippen molar-refractivity contribution in [1.29, 1.82) is 0 Å². The van der Waals surface area contributed by atoms with Gasteiger partial charge in [0.1, 0.15) is 6.54 Å². The number of hydrogen-bond donors (Lipinski definition) is 0. The lowest BCUT2D eigenvalue weighted by Gasteiger charge is -2.25. The van der Waals surface area contributed by atoms with Gasteiger partial charge in [0.05, 0.1) is 17.4 Å². The molecule has 0 spiro atoms. The van der Waals surface area contributed by atoms with E-state index >= 15 is 0 Å². The molecule has 3 unspecified atom stereocenters. The van der Waals surface area contributed by atoms with Crippen molar-refractivity contribution < 1.29 is 14.4 Å². The Morgan fingerprint density at radius 1 is 0.919 bits per heavy atom. The lowest BCUT2D eigenvalue weighted by atomic mass is 9.98. The predicted octanol–water partition coefficient (Wildman–Crippen LogP) is 4.12. The maximum atomic E-state index is 13.6. The molecule has 0 saturated carbocycles. The second-order valence-corrected chi connectivity index (χ2v) is 9.88. The van der Waals surface area contributed by atoms with E-state index in [4.69, 9.17) is 0 Å². The fourth-order valence-corrected chi connectivity index (χ4v) is 5.30. The zero-order chi connectivity index (χ0) is 25.5. The minimum Gasteiger partial charge on any atom is -0.271 e. The van der Waals surface area contributed by atoms with Gasteiger partial charge in [-0.1, -0.05) is 87.9 Å². The van der Waals surface area contributed by atoms with Crippen LogP contribution in [0.15, 0.2) is 105 Å². The maximum Gasteiger partial charge on any atom is 0.264 e. The van der Waals surface area contributed by atoms with Crippen molar-refractivity contribution in [2.24, 2.45) is 15.4 Å². The SMILES string of the molecule is O=C1C2N=NN(CC(=O)N3N=C(c4ccccc4)CC3c3ccccc3)C2C(=O)N1c1cccc(Br)c1. The molecular formula is C27H21BrN6O3. The molecule has 6 rings (SSSR count). The van der Waals surface area contributed by atoms with E-state index in [0.717, 1.165) is 26.2 Å². The maximum absolute atomic E-state index is 13.6. The normalized spacial score (nSPS) is 22.6. The van der Waals surface area contributed by atoms with Gasteiger partial charge in [-0.2, -0.15) is 10.2 Å². The minimum absolute atomic E-state index is 0.231. The number of imide groups is 1. The van der Waals surface area contributed by atoms with Crippen LogP contribution in [0.4, 0.5) is 5.69 Å². The molecular weight excluding hydrogens is 536 g/mol. The highest BCUT2D eigenvalue weighted by molar-refractivity contribution is 9.10. The Kier molecular flexibility index (Phi) is 5.88. The first-order chi connectivity index (χ1) is 18.0. The van der Waals surface area contributed by atoms with E-state index in [1.54, 1.807) is 18.2 Å².